The lowest BCUT2D eigenvalue weighted by atomic mass is 9.58. The maximum Gasteiger partial charge on any atom is 0.342 e. The molecular weight excluding hydrogens is 484 g/mol. The van der Waals surface area contributed by atoms with Crippen LogP contribution in [-0.4, -0.2) is 63.5 Å². The molecule has 0 saturated heterocycles. The molecule has 2 bridgehead atoms. The SMILES string of the molecule is C=CCOc1cccc(C)c1C(=O)OC1C(C)=CC23C(C)CC4C(C(C=C(CO)C(O)C12O)C3O)C4(C)C. The van der Waals surface area contributed by atoms with E-state index in [4.69, 9.17) is 9.47 Å². The third-order valence-corrected chi connectivity index (χ3v) is 10.2. The van der Waals surface area contributed by atoms with Gasteiger partial charge in [-0.2, -0.15) is 0 Å². The number of carbonyl (C=O) groups excluding carboxylic acids is 1. The Morgan fingerprint density at radius 2 is 1.95 bits per heavy atom. The van der Waals surface area contributed by atoms with Crippen LogP contribution in [0.25, 0.3) is 0 Å². The quantitative estimate of drug-likeness (QED) is 0.333. The first-order chi connectivity index (χ1) is 17.9. The molecule has 7 heteroatoms. The van der Waals surface area contributed by atoms with Gasteiger partial charge in [-0.05, 0) is 66.2 Å². The second-order valence-corrected chi connectivity index (χ2v) is 12.4. The van der Waals surface area contributed by atoms with Crippen LogP contribution in [0.3, 0.4) is 0 Å². The Morgan fingerprint density at radius 3 is 2.61 bits per heavy atom. The highest BCUT2D eigenvalue weighted by molar-refractivity contribution is 5.94. The third-order valence-electron chi connectivity index (χ3n) is 10.2. The maximum atomic E-state index is 13.7. The fourth-order valence-corrected chi connectivity index (χ4v) is 8.24. The minimum Gasteiger partial charge on any atom is -0.489 e. The van der Waals surface area contributed by atoms with Gasteiger partial charge in [0.05, 0.1) is 18.1 Å². The highest BCUT2D eigenvalue weighted by Crippen LogP contribution is 2.72. The van der Waals surface area contributed by atoms with E-state index in [0.29, 0.717) is 22.8 Å². The lowest BCUT2D eigenvalue weighted by Gasteiger charge is -2.52. The number of hydrogen-bond acceptors (Lipinski definition) is 7. The van der Waals surface area contributed by atoms with Crippen LogP contribution in [0, 0.1) is 41.4 Å². The molecule has 0 radical (unpaired) electrons. The van der Waals surface area contributed by atoms with Crippen molar-refractivity contribution in [2.75, 3.05) is 13.2 Å². The van der Waals surface area contributed by atoms with Crippen LogP contribution < -0.4 is 4.74 Å². The fourth-order valence-electron chi connectivity index (χ4n) is 8.24. The van der Waals surface area contributed by atoms with Crippen LogP contribution in [0.5, 0.6) is 5.75 Å². The summed E-state index contributed by atoms with van der Waals surface area (Å²) in [5.41, 5.74) is -1.70. The van der Waals surface area contributed by atoms with Crippen molar-refractivity contribution in [2.45, 2.75) is 65.0 Å². The second-order valence-electron chi connectivity index (χ2n) is 12.4. The molecule has 206 valence electrons. The van der Waals surface area contributed by atoms with Crippen LogP contribution in [0.2, 0.25) is 0 Å². The predicted octanol–water partition coefficient (Wildman–Crippen LogP) is 3.34. The Kier molecular flexibility index (Phi) is 6.46. The number of esters is 1. The molecule has 7 nitrogen and oxygen atoms in total. The average molecular weight is 525 g/mol. The number of aliphatic hydroxyl groups excluding tert-OH is 3. The molecule has 1 aromatic rings. The number of fused-ring (bicyclic) bond motifs is 3. The molecule has 9 atom stereocenters. The van der Waals surface area contributed by atoms with Gasteiger partial charge < -0.3 is 29.9 Å². The minimum absolute atomic E-state index is 0.00188. The van der Waals surface area contributed by atoms with Crippen LogP contribution in [0.15, 0.2) is 54.2 Å². The molecule has 2 saturated carbocycles. The zero-order chi connectivity index (χ0) is 27.8. The summed E-state index contributed by atoms with van der Waals surface area (Å²) in [6.45, 7) is 13.3. The highest BCUT2D eigenvalue weighted by atomic mass is 16.6. The van der Waals surface area contributed by atoms with E-state index in [1.165, 1.54) is 0 Å². The summed E-state index contributed by atoms with van der Waals surface area (Å²) >= 11 is 0. The Hall–Kier alpha value is -2.45. The van der Waals surface area contributed by atoms with Crippen molar-refractivity contribution in [3.8, 4) is 5.75 Å². The lowest BCUT2D eigenvalue weighted by molar-refractivity contribution is -0.215. The van der Waals surface area contributed by atoms with Crippen molar-refractivity contribution < 1.29 is 34.7 Å². The first kappa shape index (κ1) is 27.1. The Morgan fingerprint density at radius 1 is 1.24 bits per heavy atom. The van der Waals surface area contributed by atoms with Crippen LogP contribution >= 0.6 is 0 Å². The summed E-state index contributed by atoms with van der Waals surface area (Å²) in [4.78, 5) is 13.7. The summed E-state index contributed by atoms with van der Waals surface area (Å²) in [5, 5.41) is 46.7. The molecule has 0 aromatic heterocycles. The van der Waals surface area contributed by atoms with Crippen molar-refractivity contribution in [3.63, 3.8) is 0 Å². The monoisotopic (exact) mass is 524 g/mol. The molecule has 0 heterocycles. The molecular formula is C31H40O7. The zero-order valence-corrected chi connectivity index (χ0v) is 22.8. The van der Waals surface area contributed by atoms with E-state index in [9.17, 15) is 25.2 Å². The average Bonchev–Trinajstić information content (AvgIpc) is 3.36. The maximum absolute atomic E-state index is 13.7. The highest BCUT2D eigenvalue weighted by Gasteiger charge is 2.76. The van der Waals surface area contributed by atoms with Gasteiger partial charge in [-0.25, -0.2) is 4.79 Å². The molecule has 0 amide bonds. The number of benzene rings is 1. The van der Waals surface area contributed by atoms with Gasteiger partial charge in [0.1, 0.15) is 29.6 Å². The van der Waals surface area contributed by atoms with Crippen molar-refractivity contribution in [3.05, 3.63) is 65.3 Å². The lowest BCUT2D eigenvalue weighted by Crippen LogP contribution is -2.66. The molecule has 1 spiro atoms. The number of carbonyl (C=O) groups is 1. The molecule has 5 rings (SSSR count). The summed E-state index contributed by atoms with van der Waals surface area (Å²) in [6.07, 6.45) is 2.09. The summed E-state index contributed by atoms with van der Waals surface area (Å²) in [6, 6.07) is 5.22. The normalized spacial score (nSPS) is 40.5. The van der Waals surface area contributed by atoms with Crippen molar-refractivity contribution in [1.82, 2.24) is 0 Å². The van der Waals surface area contributed by atoms with E-state index < -0.39 is 41.9 Å². The first-order valence-corrected chi connectivity index (χ1v) is 13.5. The van der Waals surface area contributed by atoms with Crippen LogP contribution in [0.1, 0.15) is 50.0 Å². The van der Waals surface area contributed by atoms with Crippen LogP contribution in [-0.2, 0) is 4.74 Å². The van der Waals surface area contributed by atoms with Crippen molar-refractivity contribution >= 4 is 5.97 Å². The number of aliphatic hydroxyl groups is 4. The summed E-state index contributed by atoms with van der Waals surface area (Å²) in [5.74, 6) is -0.473. The van der Waals surface area contributed by atoms with E-state index in [1.54, 1.807) is 44.2 Å². The summed E-state index contributed by atoms with van der Waals surface area (Å²) < 4.78 is 11.8. The predicted molar refractivity (Wildman–Crippen MR) is 142 cm³/mol. The smallest absolute Gasteiger partial charge is 0.342 e. The van der Waals surface area contributed by atoms with Gasteiger partial charge in [0, 0.05) is 5.92 Å². The van der Waals surface area contributed by atoms with Gasteiger partial charge in [0.25, 0.3) is 0 Å². The molecule has 1 aromatic carbocycles. The molecule has 2 fully saturated rings. The second kappa shape index (κ2) is 9.05. The molecule has 0 aliphatic heterocycles. The van der Waals surface area contributed by atoms with E-state index in [2.05, 4.69) is 20.4 Å². The van der Waals surface area contributed by atoms with E-state index in [0.717, 1.165) is 6.42 Å². The van der Waals surface area contributed by atoms with E-state index >= 15 is 0 Å². The van der Waals surface area contributed by atoms with Gasteiger partial charge >= 0.3 is 5.97 Å². The summed E-state index contributed by atoms with van der Waals surface area (Å²) in [7, 11) is 0. The van der Waals surface area contributed by atoms with Crippen molar-refractivity contribution in [2.24, 2.45) is 34.5 Å². The van der Waals surface area contributed by atoms with Gasteiger partial charge in [-0.15, -0.1) is 0 Å². The van der Waals surface area contributed by atoms with E-state index in [1.807, 2.05) is 13.0 Å². The first-order valence-electron chi connectivity index (χ1n) is 13.5. The standard InChI is InChI=1S/C31H40O7/c1-7-11-37-22-10-8-9-16(2)23(22)28(35)38-27-17(3)14-30-18(4)12-21-24(29(21,5)6)20(26(30)34)13-19(15-32)25(33)31(27,30)36/h7-10,13-14,18,20-21,24-27,32-34,36H,1,11-12,15H2,2-6H3. The van der Waals surface area contributed by atoms with Gasteiger partial charge in [-0.1, -0.05) is 57.7 Å². The molecule has 38 heavy (non-hydrogen) atoms. The number of rotatable bonds is 6. The van der Waals surface area contributed by atoms with E-state index in [-0.39, 0.29) is 40.9 Å². The Bertz CT molecular complexity index is 1210. The largest absolute Gasteiger partial charge is 0.489 e. The zero-order valence-electron chi connectivity index (χ0n) is 22.8. The fraction of sp³-hybridized carbons (Fsp3) is 0.581. The van der Waals surface area contributed by atoms with Crippen LogP contribution in [0.4, 0.5) is 0 Å². The number of aryl methyl sites for hydroxylation is 1. The van der Waals surface area contributed by atoms with Crippen molar-refractivity contribution in [1.29, 1.82) is 0 Å². The topological polar surface area (TPSA) is 116 Å². The number of hydrogen-bond donors (Lipinski definition) is 4. The van der Waals surface area contributed by atoms with Gasteiger partial charge in [-0.3, -0.25) is 0 Å². The molecule has 9 unspecified atom stereocenters. The minimum atomic E-state index is -2.08. The molecule has 4 aliphatic rings. The Balaban J connectivity index is 1.60. The molecule has 4 aliphatic carbocycles. The third kappa shape index (κ3) is 3.45. The molecule has 4 N–H and O–H groups in total. The Labute approximate surface area is 224 Å². The number of ether oxygens (including phenoxy) is 2. The van der Waals surface area contributed by atoms with Gasteiger partial charge in [0.2, 0.25) is 0 Å². The van der Waals surface area contributed by atoms with Gasteiger partial charge in [0.15, 0.2) is 6.10 Å².